The van der Waals surface area contributed by atoms with Gasteiger partial charge in [0.25, 0.3) is 0 Å². The molecular formula is C18H32N4O4. The number of carbonyl (C=O) groups excluding carboxylic acids is 3. The monoisotopic (exact) mass is 368 g/mol. The lowest BCUT2D eigenvalue weighted by atomic mass is 10.2. The maximum absolute atomic E-state index is 12.4. The van der Waals surface area contributed by atoms with Crippen molar-refractivity contribution in [2.24, 2.45) is 0 Å². The summed E-state index contributed by atoms with van der Waals surface area (Å²) in [7, 11) is 2.04. The van der Waals surface area contributed by atoms with Crippen molar-refractivity contribution in [1.29, 1.82) is 0 Å². The summed E-state index contributed by atoms with van der Waals surface area (Å²) in [6.45, 7) is 10.6. The smallest absolute Gasteiger partial charge is 0.410 e. The molecule has 148 valence electrons. The maximum atomic E-state index is 12.4. The quantitative estimate of drug-likeness (QED) is 0.730. The van der Waals surface area contributed by atoms with E-state index in [1.165, 1.54) is 0 Å². The molecule has 0 saturated carbocycles. The first-order valence-corrected chi connectivity index (χ1v) is 9.38. The highest BCUT2D eigenvalue weighted by molar-refractivity contribution is 5.84. The molecule has 2 rings (SSSR count). The molecule has 0 aliphatic carbocycles. The molecular weight excluding hydrogens is 336 g/mol. The van der Waals surface area contributed by atoms with Gasteiger partial charge in [-0.15, -0.1) is 0 Å². The number of ether oxygens (including phenoxy) is 1. The van der Waals surface area contributed by atoms with Crippen molar-refractivity contribution in [3.8, 4) is 0 Å². The Morgan fingerprint density at radius 1 is 0.731 bits per heavy atom. The van der Waals surface area contributed by atoms with Gasteiger partial charge in [-0.25, -0.2) is 4.79 Å². The Bertz CT molecular complexity index is 516. The number of nitrogens with zero attached hydrogens (tertiary/aromatic N) is 4. The fourth-order valence-corrected chi connectivity index (χ4v) is 3.05. The molecule has 0 aromatic rings. The summed E-state index contributed by atoms with van der Waals surface area (Å²) in [5.74, 6) is 0.0372. The topological polar surface area (TPSA) is 73.4 Å². The van der Waals surface area contributed by atoms with Crippen LogP contribution in [0.3, 0.4) is 0 Å². The van der Waals surface area contributed by atoms with Gasteiger partial charge in [0, 0.05) is 65.2 Å². The van der Waals surface area contributed by atoms with E-state index in [1.807, 2.05) is 32.7 Å². The molecule has 0 spiro atoms. The number of piperazine rings is 2. The third-order valence-electron chi connectivity index (χ3n) is 4.69. The van der Waals surface area contributed by atoms with Crippen LogP contribution in [0.4, 0.5) is 4.79 Å². The number of amides is 3. The number of rotatable bonds is 3. The highest BCUT2D eigenvalue weighted by Crippen LogP contribution is 2.13. The third-order valence-corrected chi connectivity index (χ3v) is 4.69. The standard InChI is InChI=1S/C18H32N4O4/c1-18(2,3)26-17(25)22-13-11-21(12-14-22)16(24)6-5-15(23)20-9-7-19(4)8-10-20/h5-14H2,1-4H3. The maximum Gasteiger partial charge on any atom is 0.410 e. The Morgan fingerprint density at radius 3 is 1.54 bits per heavy atom. The van der Waals surface area contributed by atoms with Gasteiger partial charge in [0.05, 0.1) is 0 Å². The van der Waals surface area contributed by atoms with Crippen LogP contribution in [0.2, 0.25) is 0 Å². The SMILES string of the molecule is CN1CCN(C(=O)CCC(=O)N2CCN(C(=O)OC(C)(C)C)CC2)CC1. The van der Waals surface area contributed by atoms with Crippen molar-refractivity contribution in [2.45, 2.75) is 39.2 Å². The Labute approximate surface area is 156 Å². The van der Waals surface area contributed by atoms with Crippen molar-refractivity contribution in [3.05, 3.63) is 0 Å². The van der Waals surface area contributed by atoms with Gasteiger partial charge >= 0.3 is 6.09 Å². The van der Waals surface area contributed by atoms with Crippen LogP contribution in [0, 0.1) is 0 Å². The largest absolute Gasteiger partial charge is 0.444 e. The molecule has 2 aliphatic rings. The molecule has 0 aromatic carbocycles. The Hall–Kier alpha value is -1.83. The van der Waals surface area contributed by atoms with Crippen molar-refractivity contribution in [3.63, 3.8) is 0 Å². The number of hydrogen-bond donors (Lipinski definition) is 0. The van der Waals surface area contributed by atoms with Crippen molar-refractivity contribution >= 4 is 17.9 Å². The van der Waals surface area contributed by atoms with E-state index in [9.17, 15) is 14.4 Å². The minimum atomic E-state index is -0.520. The number of likely N-dealkylation sites (N-methyl/N-ethyl adjacent to an activating group) is 1. The first-order valence-electron chi connectivity index (χ1n) is 9.38. The lowest BCUT2D eigenvalue weighted by molar-refractivity contribution is -0.138. The molecule has 0 N–H and O–H groups in total. The third kappa shape index (κ3) is 6.16. The van der Waals surface area contributed by atoms with Gasteiger partial charge in [0.1, 0.15) is 5.60 Å². The summed E-state index contributed by atoms with van der Waals surface area (Å²) in [6.07, 6.45) is 0.154. The van der Waals surface area contributed by atoms with Gasteiger partial charge in [-0.05, 0) is 27.8 Å². The van der Waals surface area contributed by atoms with Gasteiger partial charge < -0.3 is 24.3 Å². The molecule has 0 bridgehead atoms. The van der Waals surface area contributed by atoms with Gasteiger partial charge in [0.15, 0.2) is 0 Å². The molecule has 2 fully saturated rings. The van der Waals surface area contributed by atoms with Crippen molar-refractivity contribution in [2.75, 3.05) is 59.4 Å². The molecule has 8 heteroatoms. The van der Waals surface area contributed by atoms with Crippen LogP contribution in [-0.2, 0) is 14.3 Å². The zero-order valence-corrected chi connectivity index (χ0v) is 16.5. The predicted molar refractivity (Wildman–Crippen MR) is 97.7 cm³/mol. The van der Waals surface area contributed by atoms with Crippen LogP contribution in [-0.4, -0.2) is 103 Å². The summed E-state index contributed by atoms with van der Waals surface area (Å²) < 4.78 is 5.36. The summed E-state index contributed by atoms with van der Waals surface area (Å²) >= 11 is 0. The second-order valence-corrected chi connectivity index (χ2v) is 8.03. The lowest BCUT2D eigenvalue weighted by Crippen LogP contribution is -2.52. The average molecular weight is 368 g/mol. The highest BCUT2D eigenvalue weighted by Gasteiger charge is 2.28. The van der Waals surface area contributed by atoms with E-state index in [0.717, 1.165) is 26.2 Å². The van der Waals surface area contributed by atoms with Crippen LogP contribution in [0.5, 0.6) is 0 Å². The average Bonchev–Trinajstić information content (AvgIpc) is 2.58. The minimum Gasteiger partial charge on any atom is -0.444 e. The van der Waals surface area contributed by atoms with E-state index < -0.39 is 5.60 Å². The molecule has 8 nitrogen and oxygen atoms in total. The van der Waals surface area contributed by atoms with Gasteiger partial charge in [-0.3, -0.25) is 9.59 Å². The van der Waals surface area contributed by atoms with E-state index in [0.29, 0.717) is 26.2 Å². The summed E-state index contributed by atoms with van der Waals surface area (Å²) in [5.41, 5.74) is -0.520. The van der Waals surface area contributed by atoms with E-state index in [4.69, 9.17) is 4.74 Å². The summed E-state index contributed by atoms with van der Waals surface area (Å²) in [4.78, 5) is 44.0. The molecule has 2 heterocycles. The van der Waals surface area contributed by atoms with E-state index >= 15 is 0 Å². The highest BCUT2D eigenvalue weighted by atomic mass is 16.6. The second kappa shape index (κ2) is 8.70. The molecule has 0 radical (unpaired) electrons. The Balaban J connectivity index is 1.69. The normalized spacial score (nSPS) is 19.5. The van der Waals surface area contributed by atoms with Crippen LogP contribution in [0.15, 0.2) is 0 Å². The second-order valence-electron chi connectivity index (χ2n) is 8.03. The number of carbonyl (C=O) groups is 3. The van der Waals surface area contributed by atoms with Crippen LogP contribution in [0.25, 0.3) is 0 Å². The Morgan fingerprint density at radius 2 is 1.12 bits per heavy atom. The van der Waals surface area contributed by atoms with Crippen LogP contribution >= 0.6 is 0 Å². The zero-order valence-electron chi connectivity index (χ0n) is 16.5. The Kier molecular flexibility index (Phi) is 6.86. The van der Waals surface area contributed by atoms with Gasteiger partial charge in [0.2, 0.25) is 11.8 Å². The zero-order chi connectivity index (χ0) is 19.3. The first-order chi connectivity index (χ1) is 12.2. The minimum absolute atomic E-state index is 0.0173. The lowest BCUT2D eigenvalue weighted by Gasteiger charge is -2.36. The van der Waals surface area contributed by atoms with Crippen LogP contribution < -0.4 is 0 Å². The fraction of sp³-hybridized carbons (Fsp3) is 0.833. The molecule has 2 aliphatic heterocycles. The predicted octanol–water partition coefficient (Wildman–Crippen LogP) is 0.620. The van der Waals surface area contributed by atoms with Crippen LogP contribution in [0.1, 0.15) is 33.6 Å². The molecule has 2 saturated heterocycles. The molecule has 0 aromatic heterocycles. The molecule has 0 unspecified atom stereocenters. The van der Waals surface area contributed by atoms with Crippen molar-refractivity contribution < 1.29 is 19.1 Å². The summed E-state index contributed by atoms with van der Waals surface area (Å²) in [6, 6.07) is 0. The number of hydrogen-bond acceptors (Lipinski definition) is 5. The van der Waals surface area contributed by atoms with E-state index in [2.05, 4.69) is 4.90 Å². The van der Waals surface area contributed by atoms with Gasteiger partial charge in [-0.2, -0.15) is 0 Å². The van der Waals surface area contributed by atoms with E-state index in [-0.39, 0.29) is 30.7 Å². The summed E-state index contributed by atoms with van der Waals surface area (Å²) in [5, 5.41) is 0. The van der Waals surface area contributed by atoms with Gasteiger partial charge in [-0.1, -0.05) is 0 Å². The fourth-order valence-electron chi connectivity index (χ4n) is 3.05. The molecule has 26 heavy (non-hydrogen) atoms. The molecule has 0 atom stereocenters. The van der Waals surface area contributed by atoms with E-state index in [1.54, 1.807) is 9.80 Å². The first kappa shape index (κ1) is 20.5. The van der Waals surface area contributed by atoms with Crippen molar-refractivity contribution in [1.82, 2.24) is 19.6 Å². The molecule has 3 amide bonds.